The van der Waals surface area contributed by atoms with Crippen molar-refractivity contribution in [3.05, 3.63) is 28.7 Å². The highest BCUT2D eigenvalue weighted by Crippen LogP contribution is 2.32. The number of hydrogen-bond donors (Lipinski definition) is 1. The van der Waals surface area contributed by atoms with E-state index in [4.69, 9.17) is 5.73 Å². The summed E-state index contributed by atoms with van der Waals surface area (Å²) in [4.78, 5) is 28.2. The SMILES string of the molecule is CC(CN)N(C)C(=O)C1CCN(c2ccccc2Br)C1=O. The van der Waals surface area contributed by atoms with Gasteiger partial charge in [0.2, 0.25) is 11.8 Å². The number of amides is 2. The van der Waals surface area contributed by atoms with Gasteiger partial charge in [0.05, 0.1) is 5.69 Å². The van der Waals surface area contributed by atoms with E-state index in [-0.39, 0.29) is 17.9 Å². The summed E-state index contributed by atoms with van der Waals surface area (Å²) in [6, 6.07) is 7.47. The van der Waals surface area contributed by atoms with Crippen molar-refractivity contribution in [3.8, 4) is 0 Å². The van der Waals surface area contributed by atoms with Gasteiger partial charge in [0, 0.05) is 30.7 Å². The Morgan fingerprint density at radius 3 is 2.81 bits per heavy atom. The Morgan fingerprint density at radius 1 is 1.52 bits per heavy atom. The molecule has 1 aromatic rings. The van der Waals surface area contributed by atoms with Gasteiger partial charge in [-0.25, -0.2) is 0 Å². The highest BCUT2D eigenvalue weighted by Gasteiger charge is 2.40. The summed E-state index contributed by atoms with van der Waals surface area (Å²) >= 11 is 3.45. The fourth-order valence-electron chi connectivity index (χ4n) is 2.44. The predicted octanol–water partition coefficient (Wildman–Crippen LogP) is 1.61. The maximum atomic E-state index is 12.5. The number of carbonyl (C=O) groups is 2. The molecule has 2 amide bonds. The average molecular weight is 354 g/mol. The third-order valence-corrected chi connectivity index (χ3v) is 4.67. The minimum atomic E-state index is -0.601. The fraction of sp³-hybridized carbons (Fsp3) is 0.467. The van der Waals surface area contributed by atoms with Gasteiger partial charge in [-0.1, -0.05) is 12.1 Å². The summed E-state index contributed by atoms with van der Waals surface area (Å²) in [6.45, 7) is 2.82. The van der Waals surface area contributed by atoms with Crippen LogP contribution in [-0.4, -0.2) is 42.9 Å². The van der Waals surface area contributed by atoms with Crippen LogP contribution in [0.4, 0.5) is 5.69 Å². The normalized spacial score (nSPS) is 19.7. The van der Waals surface area contributed by atoms with Gasteiger partial charge in [0.15, 0.2) is 0 Å². The predicted molar refractivity (Wildman–Crippen MR) is 85.9 cm³/mol. The number of likely N-dealkylation sites (N-methyl/N-ethyl adjacent to an activating group) is 1. The molecule has 1 saturated heterocycles. The van der Waals surface area contributed by atoms with Gasteiger partial charge >= 0.3 is 0 Å². The maximum Gasteiger partial charge on any atom is 0.239 e. The van der Waals surface area contributed by atoms with Crippen LogP contribution < -0.4 is 10.6 Å². The van der Waals surface area contributed by atoms with Gasteiger partial charge in [0.25, 0.3) is 0 Å². The molecular formula is C15H20BrN3O2. The van der Waals surface area contributed by atoms with Crippen LogP contribution in [0.3, 0.4) is 0 Å². The number of nitrogens with zero attached hydrogens (tertiary/aromatic N) is 2. The number of nitrogens with two attached hydrogens (primary N) is 1. The molecule has 6 heteroatoms. The fourth-order valence-corrected chi connectivity index (χ4v) is 2.94. The second kappa shape index (κ2) is 6.58. The minimum Gasteiger partial charge on any atom is -0.341 e. The van der Waals surface area contributed by atoms with Crippen LogP contribution in [0.2, 0.25) is 0 Å². The summed E-state index contributed by atoms with van der Waals surface area (Å²) in [6.07, 6.45) is 0.542. The number of hydrogen-bond acceptors (Lipinski definition) is 3. The second-order valence-electron chi connectivity index (χ2n) is 5.32. The molecule has 0 aliphatic carbocycles. The molecule has 21 heavy (non-hydrogen) atoms. The lowest BCUT2D eigenvalue weighted by atomic mass is 10.1. The summed E-state index contributed by atoms with van der Waals surface area (Å²) in [5, 5.41) is 0. The molecule has 1 aromatic carbocycles. The van der Waals surface area contributed by atoms with E-state index in [1.165, 1.54) is 0 Å². The van der Waals surface area contributed by atoms with Gasteiger partial charge in [0.1, 0.15) is 5.92 Å². The van der Waals surface area contributed by atoms with Crippen molar-refractivity contribution in [2.75, 3.05) is 25.0 Å². The number of para-hydroxylation sites is 1. The molecule has 2 rings (SSSR count). The number of anilines is 1. The van der Waals surface area contributed by atoms with Crippen LogP contribution >= 0.6 is 15.9 Å². The summed E-state index contributed by atoms with van der Waals surface area (Å²) < 4.78 is 0.857. The van der Waals surface area contributed by atoms with Gasteiger partial charge in [-0.2, -0.15) is 0 Å². The standard InChI is InChI=1S/C15H20BrN3O2/c1-10(9-17)18(2)14(20)11-7-8-19(15(11)21)13-6-4-3-5-12(13)16/h3-6,10-11H,7-9,17H2,1-2H3. The molecule has 2 atom stereocenters. The Balaban J connectivity index is 2.15. The van der Waals surface area contributed by atoms with Crippen LogP contribution in [0.15, 0.2) is 28.7 Å². The van der Waals surface area contributed by atoms with E-state index in [9.17, 15) is 9.59 Å². The van der Waals surface area contributed by atoms with Crippen molar-refractivity contribution in [2.24, 2.45) is 11.7 Å². The van der Waals surface area contributed by atoms with Crippen molar-refractivity contribution in [3.63, 3.8) is 0 Å². The molecule has 5 nitrogen and oxygen atoms in total. The Kier molecular flexibility index (Phi) is 5.00. The molecule has 0 saturated carbocycles. The molecule has 2 N–H and O–H groups in total. The maximum absolute atomic E-state index is 12.5. The van der Waals surface area contributed by atoms with Crippen molar-refractivity contribution >= 4 is 33.4 Å². The Bertz CT molecular complexity index is 549. The molecule has 1 aliphatic heterocycles. The third kappa shape index (κ3) is 3.11. The van der Waals surface area contributed by atoms with Crippen LogP contribution in [-0.2, 0) is 9.59 Å². The molecule has 0 spiro atoms. The summed E-state index contributed by atoms with van der Waals surface area (Å²) in [7, 11) is 1.70. The smallest absolute Gasteiger partial charge is 0.239 e. The lowest BCUT2D eigenvalue weighted by Crippen LogP contribution is -2.45. The highest BCUT2D eigenvalue weighted by molar-refractivity contribution is 9.10. The first-order valence-corrected chi connectivity index (χ1v) is 7.79. The van der Waals surface area contributed by atoms with E-state index in [1.54, 1.807) is 16.8 Å². The van der Waals surface area contributed by atoms with E-state index in [2.05, 4.69) is 15.9 Å². The van der Waals surface area contributed by atoms with Crippen LogP contribution in [0.5, 0.6) is 0 Å². The molecule has 1 fully saturated rings. The Morgan fingerprint density at radius 2 is 2.19 bits per heavy atom. The topological polar surface area (TPSA) is 66.6 Å². The van der Waals surface area contributed by atoms with Gasteiger partial charge in [-0.15, -0.1) is 0 Å². The summed E-state index contributed by atoms with van der Waals surface area (Å²) in [5.74, 6) is -0.883. The number of halogens is 1. The average Bonchev–Trinajstić information content (AvgIpc) is 2.87. The van der Waals surface area contributed by atoms with Crippen molar-refractivity contribution in [1.82, 2.24) is 4.90 Å². The Hall–Kier alpha value is -1.40. The molecule has 0 aromatic heterocycles. The van der Waals surface area contributed by atoms with Crippen LogP contribution in [0, 0.1) is 5.92 Å². The van der Waals surface area contributed by atoms with Crippen LogP contribution in [0.1, 0.15) is 13.3 Å². The molecule has 0 bridgehead atoms. The van der Waals surface area contributed by atoms with Gasteiger partial charge in [-0.3, -0.25) is 9.59 Å². The number of benzene rings is 1. The highest BCUT2D eigenvalue weighted by atomic mass is 79.9. The molecule has 2 unspecified atom stereocenters. The zero-order valence-electron chi connectivity index (χ0n) is 12.3. The lowest BCUT2D eigenvalue weighted by molar-refractivity contribution is -0.140. The minimum absolute atomic E-state index is 0.0668. The van der Waals surface area contributed by atoms with Crippen molar-refractivity contribution in [1.29, 1.82) is 0 Å². The van der Waals surface area contributed by atoms with E-state index < -0.39 is 5.92 Å². The molecule has 114 valence electrons. The monoisotopic (exact) mass is 353 g/mol. The molecule has 0 radical (unpaired) electrons. The first kappa shape index (κ1) is 16.0. The lowest BCUT2D eigenvalue weighted by Gasteiger charge is -2.26. The second-order valence-corrected chi connectivity index (χ2v) is 6.17. The van der Waals surface area contributed by atoms with Gasteiger partial charge in [-0.05, 0) is 41.4 Å². The van der Waals surface area contributed by atoms with E-state index >= 15 is 0 Å². The van der Waals surface area contributed by atoms with Crippen molar-refractivity contribution in [2.45, 2.75) is 19.4 Å². The van der Waals surface area contributed by atoms with E-state index in [0.29, 0.717) is 19.5 Å². The zero-order valence-corrected chi connectivity index (χ0v) is 13.8. The van der Waals surface area contributed by atoms with E-state index in [1.807, 2.05) is 31.2 Å². The third-order valence-electron chi connectivity index (χ3n) is 4.00. The van der Waals surface area contributed by atoms with E-state index in [0.717, 1.165) is 10.2 Å². The quantitative estimate of drug-likeness (QED) is 0.836. The zero-order chi connectivity index (χ0) is 15.6. The number of carbonyl (C=O) groups excluding carboxylic acids is 2. The summed E-state index contributed by atoms with van der Waals surface area (Å²) in [5.41, 5.74) is 6.40. The van der Waals surface area contributed by atoms with Crippen LogP contribution in [0.25, 0.3) is 0 Å². The molecular weight excluding hydrogens is 334 g/mol. The van der Waals surface area contributed by atoms with Crippen molar-refractivity contribution < 1.29 is 9.59 Å². The van der Waals surface area contributed by atoms with Gasteiger partial charge < -0.3 is 15.5 Å². The Labute approximate surface area is 133 Å². The number of rotatable bonds is 4. The molecule has 1 aliphatic rings. The largest absolute Gasteiger partial charge is 0.341 e. The first-order valence-electron chi connectivity index (χ1n) is 7.00. The first-order chi connectivity index (χ1) is 9.97. The molecule has 1 heterocycles.